The van der Waals surface area contributed by atoms with Crippen molar-refractivity contribution < 1.29 is 14.3 Å². The maximum atomic E-state index is 11.4. The van der Waals surface area contributed by atoms with Gasteiger partial charge in [0.05, 0.1) is 13.0 Å². The van der Waals surface area contributed by atoms with Crippen LogP contribution in [-0.2, 0) is 20.7 Å². The van der Waals surface area contributed by atoms with E-state index in [2.05, 4.69) is 5.32 Å². The van der Waals surface area contributed by atoms with Gasteiger partial charge in [0.25, 0.3) is 0 Å². The second-order valence-electron chi connectivity index (χ2n) is 4.47. The van der Waals surface area contributed by atoms with E-state index in [-0.39, 0.29) is 17.8 Å². The molecule has 0 aliphatic rings. The van der Waals surface area contributed by atoms with Crippen molar-refractivity contribution in [3.05, 3.63) is 29.3 Å². The van der Waals surface area contributed by atoms with Gasteiger partial charge in [0.15, 0.2) is 0 Å². The molecule has 1 N–H and O–H groups in total. The molecule has 98 valence electrons. The van der Waals surface area contributed by atoms with E-state index in [1.807, 2.05) is 32.0 Å². The molecule has 0 aliphatic heterocycles. The Labute approximate surface area is 107 Å². The molecule has 1 unspecified atom stereocenters. The minimum Gasteiger partial charge on any atom is -0.469 e. The van der Waals surface area contributed by atoms with Gasteiger partial charge in [-0.15, -0.1) is 0 Å². The van der Waals surface area contributed by atoms with Gasteiger partial charge in [-0.05, 0) is 25.0 Å². The third-order valence-corrected chi connectivity index (χ3v) is 2.70. The standard InChI is InChI=1S/C14H19NO3/c1-9-5-6-13(15-11(3)16)12(7-9)8-10(2)14(17)18-4/h5-7,10H,8H2,1-4H3,(H,15,16). The molecule has 18 heavy (non-hydrogen) atoms. The monoisotopic (exact) mass is 249 g/mol. The molecule has 0 spiro atoms. The number of aryl methyl sites for hydroxylation is 1. The average molecular weight is 249 g/mol. The zero-order valence-electron chi connectivity index (χ0n) is 11.2. The Morgan fingerprint density at radius 1 is 1.39 bits per heavy atom. The molecule has 1 aromatic rings. The highest BCUT2D eigenvalue weighted by Crippen LogP contribution is 2.21. The van der Waals surface area contributed by atoms with Crippen molar-refractivity contribution in [3.8, 4) is 0 Å². The van der Waals surface area contributed by atoms with Crippen molar-refractivity contribution >= 4 is 17.6 Å². The Morgan fingerprint density at radius 2 is 2.06 bits per heavy atom. The number of carbonyl (C=O) groups is 2. The maximum absolute atomic E-state index is 11.4. The van der Waals surface area contributed by atoms with E-state index in [1.54, 1.807) is 0 Å². The van der Waals surface area contributed by atoms with Gasteiger partial charge in [-0.1, -0.05) is 24.6 Å². The molecule has 0 bridgehead atoms. The van der Waals surface area contributed by atoms with Gasteiger partial charge in [-0.3, -0.25) is 9.59 Å². The van der Waals surface area contributed by atoms with Gasteiger partial charge >= 0.3 is 5.97 Å². The fraction of sp³-hybridized carbons (Fsp3) is 0.429. The maximum Gasteiger partial charge on any atom is 0.308 e. The van der Waals surface area contributed by atoms with E-state index in [4.69, 9.17) is 4.74 Å². The summed E-state index contributed by atoms with van der Waals surface area (Å²) in [6.45, 7) is 5.25. The Bertz CT molecular complexity index is 454. The molecule has 1 rings (SSSR count). The number of hydrogen-bond donors (Lipinski definition) is 1. The molecule has 4 heteroatoms. The van der Waals surface area contributed by atoms with Crippen LogP contribution in [0.1, 0.15) is 25.0 Å². The first-order valence-electron chi connectivity index (χ1n) is 5.89. The predicted octanol–water partition coefficient (Wildman–Crippen LogP) is 2.31. The molecule has 1 aromatic carbocycles. The normalized spacial score (nSPS) is 11.8. The lowest BCUT2D eigenvalue weighted by Gasteiger charge is -2.14. The Hall–Kier alpha value is -1.84. The topological polar surface area (TPSA) is 55.4 Å². The zero-order chi connectivity index (χ0) is 13.7. The number of benzene rings is 1. The van der Waals surface area contributed by atoms with Crippen LogP contribution in [0.5, 0.6) is 0 Å². The lowest BCUT2D eigenvalue weighted by atomic mass is 9.98. The quantitative estimate of drug-likeness (QED) is 0.833. The smallest absolute Gasteiger partial charge is 0.308 e. The molecule has 0 aromatic heterocycles. The van der Waals surface area contributed by atoms with Crippen molar-refractivity contribution in [3.63, 3.8) is 0 Å². The minimum atomic E-state index is -0.245. The first-order valence-corrected chi connectivity index (χ1v) is 5.89. The zero-order valence-corrected chi connectivity index (χ0v) is 11.2. The first kappa shape index (κ1) is 14.2. The van der Waals surface area contributed by atoms with Crippen molar-refractivity contribution in [2.75, 3.05) is 12.4 Å². The second-order valence-corrected chi connectivity index (χ2v) is 4.47. The van der Waals surface area contributed by atoms with E-state index in [1.165, 1.54) is 14.0 Å². The number of ether oxygens (including phenoxy) is 1. The van der Waals surface area contributed by atoms with E-state index in [0.29, 0.717) is 6.42 Å². The molecule has 0 aliphatic carbocycles. The van der Waals surface area contributed by atoms with Crippen LogP contribution in [0, 0.1) is 12.8 Å². The molecule has 1 amide bonds. The molecular formula is C14H19NO3. The Kier molecular flexibility index (Phi) is 4.89. The van der Waals surface area contributed by atoms with Crippen molar-refractivity contribution in [1.82, 2.24) is 0 Å². The van der Waals surface area contributed by atoms with Crippen LogP contribution in [-0.4, -0.2) is 19.0 Å². The number of carbonyl (C=O) groups excluding carboxylic acids is 2. The third kappa shape index (κ3) is 3.87. The van der Waals surface area contributed by atoms with Crippen LogP contribution in [0.3, 0.4) is 0 Å². The largest absolute Gasteiger partial charge is 0.469 e. The number of methoxy groups -OCH3 is 1. The van der Waals surface area contributed by atoms with Gasteiger partial charge < -0.3 is 10.1 Å². The third-order valence-electron chi connectivity index (χ3n) is 2.70. The summed E-state index contributed by atoms with van der Waals surface area (Å²) in [6, 6.07) is 5.76. The SMILES string of the molecule is COC(=O)C(C)Cc1cc(C)ccc1NC(C)=O. The van der Waals surface area contributed by atoms with Crippen LogP contribution < -0.4 is 5.32 Å². The Morgan fingerprint density at radius 3 is 2.61 bits per heavy atom. The number of rotatable bonds is 4. The molecule has 0 fully saturated rings. The lowest BCUT2D eigenvalue weighted by molar-refractivity contribution is -0.144. The first-order chi connectivity index (χ1) is 8.43. The van der Waals surface area contributed by atoms with Gasteiger partial charge in [-0.25, -0.2) is 0 Å². The van der Waals surface area contributed by atoms with Gasteiger partial charge in [0.1, 0.15) is 0 Å². The summed E-state index contributed by atoms with van der Waals surface area (Å²) < 4.78 is 4.71. The fourth-order valence-corrected chi connectivity index (χ4v) is 1.82. The number of hydrogen-bond acceptors (Lipinski definition) is 3. The fourth-order valence-electron chi connectivity index (χ4n) is 1.82. The van der Waals surface area contributed by atoms with E-state index < -0.39 is 0 Å². The summed E-state index contributed by atoms with van der Waals surface area (Å²) >= 11 is 0. The molecule has 4 nitrogen and oxygen atoms in total. The van der Waals surface area contributed by atoms with Crippen molar-refractivity contribution in [1.29, 1.82) is 0 Å². The number of amides is 1. The predicted molar refractivity (Wildman–Crippen MR) is 70.4 cm³/mol. The summed E-state index contributed by atoms with van der Waals surface area (Å²) in [6.07, 6.45) is 0.546. The summed E-state index contributed by atoms with van der Waals surface area (Å²) in [5.41, 5.74) is 2.79. The number of esters is 1. The van der Waals surface area contributed by atoms with Crippen LogP contribution in [0.2, 0.25) is 0 Å². The van der Waals surface area contributed by atoms with Crippen molar-refractivity contribution in [2.24, 2.45) is 5.92 Å². The second kappa shape index (κ2) is 6.19. The van der Waals surface area contributed by atoms with Crippen LogP contribution >= 0.6 is 0 Å². The molecule has 0 saturated heterocycles. The average Bonchev–Trinajstić information content (AvgIpc) is 2.31. The molecule has 0 radical (unpaired) electrons. The highest BCUT2D eigenvalue weighted by atomic mass is 16.5. The molecule has 0 saturated carbocycles. The summed E-state index contributed by atoms with van der Waals surface area (Å²) in [4.78, 5) is 22.5. The van der Waals surface area contributed by atoms with Crippen LogP contribution in [0.25, 0.3) is 0 Å². The highest BCUT2D eigenvalue weighted by Gasteiger charge is 2.16. The number of anilines is 1. The Balaban J connectivity index is 2.94. The summed E-state index contributed by atoms with van der Waals surface area (Å²) in [5, 5.41) is 2.77. The lowest BCUT2D eigenvalue weighted by Crippen LogP contribution is -2.17. The summed E-state index contributed by atoms with van der Waals surface area (Å²) in [7, 11) is 1.38. The van der Waals surface area contributed by atoms with E-state index >= 15 is 0 Å². The van der Waals surface area contributed by atoms with Gasteiger partial charge in [-0.2, -0.15) is 0 Å². The van der Waals surface area contributed by atoms with E-state index in [0.717, 1.165) is 16.8 Å². The minimum absolute atomic E-state index is 0.120. The van der Waals surface area contributed by atoms with Crippen LogP contribution in [0.15, 0.2) is 18.2 Å². The highest BCUT2D eigenvalue weighted by molar-refractivity contribution is 5.89. The molecular weight excluding hydrogens is 230 g/mol. The summed E-state index contributed by atoms with van der Waals surface area (Å²) in [5.74, 6) is -0.597. The number of nitrogens with one attached hydrogen (secondary N) is 1. The van der Waals surface area contributed by atoms with Gasteiger partial charge in [0.2, 0.25) is 5.91 Å². The van der Waals surface area contributed by atoms with E-state index in [9.17, 15) is 9.59 Å². The van der Waals surface area contributed by atoms with Gasteiger partial charge in [0, 0.05) is 12.6 Å². The van der Waals surface area contributed by atoms with Crippen molar-refractivity contribution in [2.45, 2.75) is 27.2 Å². The molecule has 1 atom stereocenters. The molecule has 0 heterocycles. The van der Waals surface area contributed by atoms with Crippen LogP contribution in [0.4, 0.5) is 5.69 Å².